The number of hydrogen-bond donors (Lipinski definition) is 2. The van der Waals surface area contributed by atoms with Gasteiger partial charge in [-0.05, 0) is 55.4 Å². The fourth-order valence-corrected chi connectivity index (χ4v) is 3.72. The molecular formula is C23H34FN3O4. The highest BCUT2D eigenvalue weighted by atomic mass is 19.1. The molecule has 0 radical (unpaired) electrons. The van der Waals surface area contributed by atoms with E-state index in [0.29, 0.717) is 63.4 Å². The maximum atomic E-state index is 13.2. The van der Waals surface area contributed by atoms with Gasteiger partial charge in [0.15, 0.2) is 0 Å². The molecule has 0 saturated carbocycles. The quantitative estimate of drug-likeness (QED) is 0.553. The summed E-state index contributed by atoms with van der Waals surface area (Å²) in [5.74, 6) is -0.763. The third kappa shape index (κ3) is 7.94. The van der Waals surface area contributed by atoms with Crippen molar-refractivity contribution in [2.45, 2.75) is 45.6 Å². The molecule has 1 atom stereocenters. The van der Waals surface area contributed by atoms with Crippen molar-refractivity contribution < 1.29 is 23.5 Å². The average molecular weight is 436 g/mol. The van der Waals surface area contributed by atoms with E-state index in [4.69, 9.17) is 4.74 Å². The highest BCUT2D eigenvalue weighted by molar-refractivity contribution is 5.97. The van der Waals surface area contributed by atoms with Crippen LogP contribution in [0.3, 0.4) is 0 Å². The summed E-state index contributed by atoms with van der Waals surface area (Å²) in [6.07, 6.45) is 2.44. The van der Waals surface area contributed by atoms with Crippen LogP contribution in [0.2, 0.25) is 0 Å². The van der Waals surface area contributed by atoms with Crippen LogP contribution in [-0.2, 0) is 14.3 Å². The van der Waals surface area contributed by atoms with Crippen molar-refractivity contribution in [2.24, 2.45) is 11.8 Å². The predicted octanol–water partition coefficient (Wildman–Crippen LogP) is 2.36. The normalized spacial score (nSPS) is 15.6. The molecule has 7 nitrogen and oxygen atoms in total. The minimum atomic E-state index is -0.720. The van der Waals surface area contributed by atoms with Crippen molar-refractivity contribution in [3.63, 3.8) is 0 Å². The molecule has 1 aromatic rings. The summed E-state index contributed by atoms with van der Waals surface area (Å²) in [5.41, 5.74) is 0.295. The Morgan fingerprint density at radius 3 is 2.39 bits per heavy atom. The van der Waals surface area contributed by atoms with Gasteiger partial charge in [-0.2, -0.15) is 0 Å². The van der Waals surface area contributed by atoms with Gasteiger partial charge >= 0.3 is 0 Å². The predicted molar refractivity (Wildman–Crippen MR) is 116 cm³/mol. The van der Waals surface area contributed by atoms with Crippen molar-refractivity contribution in [3.8, 4) is 0 Å². The topological polar surface area (TPSA) is 87.7 Å². The molecular weight excluding hydrogens is 401 g/mol. The van der Waals surface area contributed by atoms with Gasteiger partial charge in [0.25, 0.3) is 5.91 Å². The first kappa shape index (κ1) is 24.8. The lowest BCUT2D eigenvalue weighted by Crippen LogP contribution is -2.54. The highest BCUT2D eigenvalue weighted by Crippen LogP contribution is 2.23. The summed E-state index contributed by atoms with van der Waals surface area (Å²) in [6, 6.07) is 4.50. The van der Waals surface area contributed by atoms with E-state index in [1.54, 1.807) is 7.11 Å². The molecule has 1 aliphatic heterocycles. The molecule has 1 aliphatic rings. The Hall–Kier alpha value is -2.48. The number of amides is 3. The van der Waals surface area contributed by atoms with Crippen molar-refractivity contribution in [3.05, 3.63) is 35.6 Å². The molecule has 1 heterocycles. The highest BCUT2D eigenvalue weighted by Gasteiger charge is 2.34. The Labute approximate surface area is 183 Å². The van der Waals surface area contributed by atoms with Crippen LogP contribution in [0.15, 0.2) is 24.3 Å². The molecule has 0 spiro atoms. The zero-order chi connectivity index (χ0) is 22.8. The second kappa shape index (κ2) is 12.4. The Morgan fingerprint density at radius 2 is 1.81 bits per heavy atom. The zero-order valence-corrected chi connectivity index (χ0v) is 18.7. The van der Waals surface area contributed by atoms with E-state index < -0.39 is 17.8 Å². The van der Waals surface area contributed by atoms with E-state index in [9.17, 15) is 18.8 Å². The maximum absolute atomic E-state index is 13.2. The summed E-state index contributed by atoms with van der Waals surface area (Å²) in [7, 11) is 1.60. The Morgan fingerprint density at radius 1 is 1.16 bits per heavy atom. The zero-order valence-electron chi connectivity index (χ0n) is 18.7. The molecule has 8 heteroatoms. The van der Waals surface area contributed by atoms with E-state index in [2.05, 4.69) is 10.6 Å². The van der Waals surface area contributed by atoms with Crippen molar-refractivity contribution in [2.75, 3.05) is 33.4 Å². The van der Waals surface area contributed by atoms with Gasteiger partial charge in [-0.1, -0.05) is 13.8 Å². The van der Waals surface area contributed by atoms with Crippen LogP contribution in [0.4, 0.5) is 4.39 Å². The van der Waals surface area contributed by atoms with E-state index >= 15 is 0 Å². The number of carbonyl (C=O) groups is 3. The Balaban J connectivity index is 2.03. The number of rotatable bonds is 10. The van der Waals surface area contributed by atoms with Gasteiger partial charge in [-0.25, -0.2) is 4.39 Å². The number of nitrogens with one attached hydrogen (secondary N) is 2. The van der Waals surface area contributed by atoms with Gasteiger partial charge in [-0.15, -0.1) is 0 Å². The lowest BCUT2D eigenvalue weighted by molar-refractivity contribution is -0.133. The summed E-state index contributed by atoms with van der Waals surface area (Å²) in [6.45, 7) is 6.13. The van der Waals surface area contributed by atoms with Crippen LogP contribution in [0, 0.1) is 17.7 Å². The van der Waals surface area contributed by atoms with Gasteiger partial charge in [0, 0.05) is 45.3 Å². The van der Waals surface area contributed by atoms with Crippen LogP contribution in [-0.4, -0.2) is 62.0 Å². The molecule has 3 amide bonds. The van der Waals surface area contributed by atoms with Gasteiger partial charge in [0.2, 0.25) is 11.8 Å². The van der Waals surface area contributed by atoms with E-state index in [1.165, 1.54) is 24.3 Å². The van der Waals surface area contributed by atoms with Crippen LogP contribution in [0.5, 0.6) is 0 Å². The molecule has 0 bridgehead atoms. The van der Waals surface area contributed by atoms with Crippen LogP contribution >= 0.6 is 0 Å². The second-order valence-electron chi connectivity index (χ2n) is 8.41. The first-order valence-electron chi connectivity index (χ1n) is 10.9. The third-order valence-electron chi connectivity index (χ3n) is 5.45. The number of hydrogen-bond acceptors (Lipinski definition) is 4. The van der Waals surface area contributed by atoms with Crippen molar-refractivity contribution in [1.29, 1.82) is 0 Å². The molecule has 2 rings (SSSR count). The molecule has 0 unspecified atom stereocenters. The van der Waals surface area contributed by atoms with Gasteiger partial charge in [0.05, 0.1) is 0 Å². The molecule has 0 aromatic heterocycles. The Bertz CT molecular complexity index is 731. The molecule has 1 saturated heterocycles. The molecule has 1 aromatic carbocycles. The Kier molecular flexibility index (Phi) is 9.91. The molecule has 0 aliphatic carbocycles. The number of piperidine rings is 1. The van der Waals surface area contributed by atoms with Gasteiger partial charge in [0.1, 0.15) is 11.9 Å². The first-order chi connectivity index (χ1) is 14.8. The SMILES string of the molecule is COCCCNC(=O)[C@H](NC(=O)c1ccc(F)cc1)C1CCN(C(=O)CC(C)C)CC1. The van der Waals surface area contributed by atoms with Gasteiger partial charge < -0.3 is 20.3 Å². The fourth-order valence-electron chi connectivity index (χ4n) is 3.72. The fraction of sp³-hybridized carbons (Fsp3) is 0.609. The third-order valence-corrected chi connectivity index (χ3v) is 5.45. The average Bonchev–Trinajstić information content (AvgIpc) is 2.75. The summed E-state index contributed by atoms with van der Waals surface area (Å²) < 4.78 is 18.2. The van der Waals surface area contributed by atoms with Gasteiger partial charge in [-0.3, -0.25) is 14.4 Å². The van der Waals surface area contributed by atoms with Crippen molar-refractivity contribution in [1.82, 2.24) is 15.5 Å². The number of methoxy groups -OCH3 is 1. The number of likely N-dealkylation sites (tertiary alicyclic amines) is 1. The first-order valence-corrected chi connectivity index (χ1v) is 10.9. The lowest BCUT2D eigenvalue weighted by Gasteiger charge is -2.36. The molecule has 31 heavy (non-hydrogen) atoms. The number of ether oxygens (including phenoxy) is 1. The smallest absolute Gasteiger partial charge is 0.251 e. The minimum Gasteiger partial charge on any atom is -0.385 e. The van der Waals surface area contributed by atoms with E-state index in [-0.39, 0.29) is 17.7 Å². The maximum Gasteiger partial charge on any atom is 0.251 e. The summed E-state index contributed by atoms with van der Waals surface area (Å²) >= 11 is 0. The molecule has 2 N–H and O–H groups in total. The van der Waals surface area contributed by atoms with Crippen LogP contribution in [0.1, 0.15) is 49.9 Å². The second-order valence-corrected chi connectivity index (χ2v) is 8.41. The van der Waals surface area contributed by atoms with Crippen LogP contribution in [0.25, 0.3) is 0 Å². The molecule has 172 valence electrons. The van der Waals surface area contributed by atoms with Crippen molar-refractivity contribution >= 4 is 17.7 Å². The van der Waals surface area contributed by atoms with Crippen LogP contribution < -0.4 is 10.6 Å². The van der Waals surface area contributed by atoms with E-state index in [0.717, 1.165) is 0 Å². The van der Waals surface area contributed by atoms with E-state index in [1.807, 2.05) is 18.7 Å². The number of carbonyl (C=O) groups excluding carboxylic acids is 3. The number of benzene rings is 1. The minimum absolute atomic E-state index is 0.0880. The molecule has 1 fully saturated rings. The number of halogens is 1. The standard InChI is InChI=1S/C23H34FN3O4/c1-16(2)15-20(28)27-12-9-17(10-13-27)21(23(30)25-11-4-14-31-3)26-22(29)18-5-7-19(24)8-6-18/h5-8,16-17,21H,4,9-15H2,1-3H3,(H,25,30)(H,26,29)/t21-/m1/s1. The summed E-state index contributed by atoms with van der Waals surface area (Å²) in [4.78, 5) is 39.8. The summed E-state index contributed by atoms with van der Waals surface area (Å²) in [5, 5.41) is 5.70. The largest absolute Gasteiger partial charge is 0.385 e. The monoisotopic (exact) mass is 435 g/mol. The lowest BCUT2D eigenvalue weighted by atomic mass is 9.88. The number of nitrogens with zero attached hydrogens (tertiary/aromatic N) is 1.